The van der Waals surface area contributed by atoms with E-state index in [0.29, 0.717) is 43.1 Å². The number of fused-ring (bicyclic) bond motifs is 1. The van der Waals surface area contributed by atoms with Crippen molar-refractivity contribution in [3.05, 3.63) is 75.7 Å². The molecule has 1 amide bonds. The fraction of sp³-hybridized carbons (Fsp3) is 0.320. The first-order chi connectivity index (χ1) is 16.9. The molecule has 35 heavy (non-hydrogen) atoms. The lowest BCUT2D eigenvalue weighted by molar-refractivity contribution is 0.0535. The summed E-state index contributed by atoms with van der Waals surface area (Å²) in [5.41, 5.74) is 5.52. The van der Waals surface area contributed by atoms with Crippen molar-refractivity contribution in [2.75, 3.05) is 19.6 Å². The van der Waals surface area contributed by atoms with Crippen LogP contribution < -0.4 is 0 Å². The molecule has 1 aromatic carbocycles. The third-order valence-electron chi connectivity index (χ3n) is 6.77. The number of carbonyl (C=O) groups excluding carboxylic acids is 1. The van der Waals surface area contributed by atoms with Crippen molar-refractivity contribution < 1.29 is 19.4 Å². The molecular weight excluding hydrogens is 448 g/mol. The maximum Gasteiger partial charge on any atom is 0.407 e. The highest BCUT2D eigenvalue weighted by molar-refractivity contribution is 5.94. The predicted molar refractivity (Wildman–Crippen MR) is 124 cm³/mol. The summed E-state index contributed by atoms with van der Waals surface area (Å²) in [4.78, 5) is 31.9. The second kappa shape index (κ2) is 8.85. The molecule has 4 heterocycles. The minimum Gasteiger partial charge on any atom is -0.465 e. The van der Waals surface area contributed by atoms with Crippen molar-refractivity contribution in [3.63, 3.8) is 0 Å². The summed E-state index contributed by atoms with van der Waals surface area (Å²) in [6.07, 6.45) is 4.25. The maximum absolute atomic E-state index is 12.0. The van der Waals surface area contributed by atoms with Gasteiger partial charge in [-0.3, -0.25) is 9.80 Å². The van der Waals surface area contributed by atoms with Gasteiger partial charge in [0, 0.05) is 49.7 Å². The molecule has 5 rings (SSSR count). The quantitative estimate of drug-likeness (QED) is 0.575. The average Bonchev–Trinajstić information content (AvgIpc) is 3.46. The summed E-state index contributed by atoms with van der Waals surface area (Å²) < 4.78 is 6.85. The van der Waals surface area contributed by atoms with Gasteiger partial charge in [0.15, 0.2) is 5.82 Å². The van der Waals surface area contributed by atoms with Gasteiger partial charge in [-0.1, -0.05) is 6.07 Å². The topological polar surface area (TPSA) is 125 Å². The van der Waals surface area contributed by atoms with E-state index in [-0.39, 0.29) is 18.6 Å². The van der Waals surface area contributed by atoms with Crippen LogP contribution in [0.4, 0.5) is 4.79 Å². The number of rotatable bonds is 4. The van der Waals surface area contributed by atoms with Gasteiger partial charge in [0.2, 0.25) is 0 Å². The Bertz CT molecular complexity index is 1370. The molecule has 0 radical (unpaired) electrons. The van der Waals surface area contributed by atoms with Gasteiger partial charge in [0.1, 0.15) is 12.7 Å². The molecular formula is C25H24N6O4. The normalized spacial score (nSPS) is 17.7. The van der Waals surface area contributed by atoms with Crippen LogP contribution >= 0.6 is 0 Å². The molecule has 0 aliphatic carbocycles. The molecule has 2 aliphatic heterocycles. The molecule has 10 nitrogen and oxygen atoms in total. The van der Waals surface area contributed by atoms with Gasteiger partial charge >= 0.3 is 12.1 Å². The third kappa shape index (κ3) is 4.11. The number of esters is 1. The van der Waals surface area contributed by atoms with Crippen LogP contribution in [0.15, 0.2) is 36.8 Å². The van der Waals surface area contributed by atoms with Crippen molar-refractivity contribution in [1.29, 1.82) is 5.26 Å². The minimum absolute atomic E-state index is 0.222. The van der Waals surface area contributed by atoms with Crippen LogP contribution in [0.25, 0.3) is 5.82 Å². The van der Waals surface area contributed by atoms with E-state index in [1.807, 2.05) is 32.2 Å². The van der Waals surface area contributed by atoms with Crippen molar-refractivity contribution in [2.45, 2.75) is 33.0 Å². The number of piperazine rings is 1. The van der Waals surface area contributed by atoms with Gasteiger partial charge in [-0.15, -0.1) is 0 Å². The lowest BCUT2D eigenvalue weighted by Gasteiger charge is -2.40. The highest BCUT2D eigenvalue weighted by atomic mass is 16.5. The molecule has 178 valence electrons. The summed E-state index contributed by atoms with van der Waals surface area (Å²) in [5, 5.41) is 23.4. The van der Waals surface area contributed by atoms with Gasteiger partial charge in [0.25, 0.3) is 0 Å². The lowest BCUT2D eigenvalue weighted by atomic mass is 9.92. The number of aryl methyl sites for hydroxylation is 1. The zero-order chi connectivity index (χ0) is 24.7. The molecule has 0 saturated carbocycles. The Kier molecular flexibility index (Phi) is 5.70. The van der Waals surface area contributed by atoms with Crippen LogP contribution in [-0.2, 0) is 17.9 Å². The number of nitrogens with zero attached hydrogens (tertiary/aromatic N) is 6. The van der Waals surface area contributed by atoms with E-state index in [1.54, 1.807) is 23.1 Å². The number of carboxylic acid groups (broad SMARTS) is 1. The summed E-state index contributed by atoms with van der Waals surface area (Å²) >= 11 is 0. The van der Waals surface area contributed by atoms with E-state index in [4.69, 9.17) is 10.00 Å². The first-order valence-corrected chi connectivity index (χ1v) is 11.3. The van der Waals surface area contributed by atoms with Crippen molar-refractivity contribution >= 4 is 12.1 Å². The summed E-state index contributed by atoms with van der Waals surface area (Å²) in [7, 11) is 0. The number of amides is 1. The van der Waals surface area contributed by atoms with E-state index in [1.165, 1.54) is 4.90 Å². The molecule has 0 bridgehead atoms. The number of benzene rings is 1. The van der Waals surface area contributed by atoms with Gasteiger partial charge in [0.05, 0.1) is 23.4 Å². The summed E-state index contributed by atoms with van der Waals surface area (Å²) in [5.74, 6) is 0.297. The fourth-order valence-electron chi connectivity index (χ4n) is 4.82. The Labute approximate surface area is 202 Å². The predicted octanol–water partition coefficient (Wildman–Crippen LogP) is 2.96. The molecule has 0 unspecified atom stereocenters. The Morgan fingerprint density at radius 3 is 2.86 bits per heavy atom. The molecule has 0 spiro atoms. The first kappa shape index (κ1) is 22.6. The van der Waals surface area contributed by atoms with Crippen LogP contribution in [0, 0.1) is 25.2 Å². The monoisotopic (exact) mass is 472 g/mol. The van der Waals surface area contributed by atoms with Crippen molar-refractivity contribution in [2.24, 2.45) is 0 Å². The van der Waals surface area contributed by atoms with E-state index >= 15 is 0 Å². The molecule has 3 aromatic rings. The maximum atomic E-state index is 12.0. The Morgan fingerprint density at radius 1 is 1.29 bits per heavy atom. The van der Waals surface area contributed by atoms with Crippen LogP contribution in [0.1, 0.15) is 49.8 Å². The number of pyridine rings is 1. The number of nitriles is 1. The van der Waals surface area contributed by atoms with Crippen LogP contribution in [-0.4, -0.2) is 61.4 Å². The minimum atomic E-state index is -0.961. The molecule has 2 aliphatic rings. The first-order valence-electron chi connectivity index (χ1n) is 11.3. The van der Waals surface area contributed by atoms with Gasteiger partial charge in [-0.2, -0.15) is 10.4 Å². The second-order valence-corrected chi connectivity index (χ2v) is 8.87. The highest BCUT2D eigenvalue weighted by Crippen LogP contribution is 2.34. The van der Waals surface area contributed by atoms with Crippen LogP contribution in [0.2, 0.25) is 0 Å². The molecule has 1 fully saturated rings. The average molecular weight is 473 g/mol. The number of cyclic esters (lactones) is 1. The lowest BCUT2D eigenvalue weighted by Crippen LogP contribution is -2.50. The molecule has 1 saturated heterocycles. The molecule has 10 heteroatoms. The fourth-order valence-corrected chi connectivity index (χ4v) is 4.82. The number of ether oxygens (including phenoxy) is 1. The highest BCUT2D eigenvalue weighted by Gasteiger charge is 2.34. The van der Waals surface area contributed by atoms with Gasteiger partial charge in [-0.25, -0.2) is 19.3 Å². The van der Waals surface area contributed by atoms with E-state index in [2.05, 4.69) is 21.1 Å². The van der Waals surface area contributed by atoms with Crippen LogP contribution in [0.3, 0.4) is 0 Å². The Hall–Kier alpha value is -4.23. The molecule has 2 aromatic heterocycles. The largest absolute Gasteiger partial charge is 0.465 e. The van der Waals surface area contributed by atoms with E-state index < -0.39 is 6.09 Å². The number of hydrogen-bond donors (Lipinski definition) is 1. The number of aromatic nitrogens is 3. The Balaban J connectivity index is 1.37. The third-order valence-corrected chi connectivity index (χ3v) is 6.77. The summed E-state index contributed by atoms with van der Waals surface area (Å²) in [6, 6.07) is 7.16. The SMILES string of the molecule is Cc1cc(-n2cc(CN3CCN(C(=O)O)[C@H](c4ccc5c(c4C)COC5=O)C3)cn2)ncc1C#N. The number of carbonyl (C=O) groups is 2. The standard InChI is InChI=1S/C25H24N6O4/c1-15-7-23(27-10-18(15)8-26)31-12-17(9-28-31)11-29-5-6-30(25(33)34)22(13-29)19-3-4-20-21(16(19)2)14-35-24(20)32/h3-4,7,9-10,12,22H,5-6,11,13-14H2,1-2H3,(H,33,34)/t22-/m0/s1. The summed E-state index contributed by atoms with van der Waals surface area (Å²) in [6.45, 7) is 6.08. The second-order valence-electron chi connectivity index (χ2n) is 8.87. The molecule has 1 atom stereocenters. The van der Waals surface area contributed by atoms with E-state index in [9.17, 15) is 14.7 Å². The Morgan fingerprint density at radius 2 is 2.11 bits per heavy atom. The zero-order valence-electron chi connectivity index (χ0n) is 19.4. The van der Waals surface area contributed by atoms with Crippen molar-refractivity contribution in [3.8, 4) is 11.9 Å². The van der Waals surface area contributed by atoms with Gasteiger partial charge < -0.3 is 9.84 Å². The zero-order valence-corrected chi connectivity index (χ0v) is 19.4. The van der Waals surface area contributed by atoms with Crippen molar-refractivity contribution in [1.82, 2.24) is 24.6 Å². The number of hydrogen-bond acceptors (Lipinski definition) is 7. The van der Waals surface area contributed by atoms with Gasteiger partial charge in [-0.05, 0) is 42.7 Å². The molecule has 1 N–H and O–H groups in total. The van der Waals surface area contributed by atoms with E-state index in [0.717, 1.165) is 27.8 Å². The smallest absolute Gasteiger partial charge is 0.407 e. The van der Waals surface area contributed by atoms with Crippen LogP contribution in [0.5, 0.6) is 0 Å².